The SMILES string of the molecule is CC[C@@H](C(=O)NC)N(CCc1ccccc1)C(=O)CCc1ccccc1Cl. The maximum absolute atomic E-state index is 13.0. The van der Waals surface area contributed by atoms with E-state index in [2.05, 4.69) is 5.32 Å². The van der Waals surface area contributed by atoms with Crippen LogP contribution in [0.25, 0.3) is 0 Å². The van der Waals surface area contributed by atoms with Crippen molar-refractivity contribution in [2.75, 3.05) is 13.6 Å². The Labute approximate surface area is 166 Å². The second-order valence-corrected chi connectivity index (χ2v) is 6.86. The van der Waals surface area contributed by atoms with E-state index >= 15 is 0 Å². The number of halogens is 1. The fourth-order valence-electron chi connectivity index (χ4n) is 3.15. The van der Waals surface area contributed by atoms with Crippen LogP contribution in [0.4, 0.5) is 0 Å². The molecule has 0 aliphatic heterocycles. The Kier molecular flexibility index (Phi) is 8.34. The minimum atomic E-state index is -0.461. The number of hydrogen-bond donors (Lipinski definition) is 1. The van der Waals surface area contributed by atoms with Gasteiger partial charge in [-0.2, -0.15) is 0 Å². The number of benzene rings is 2. The first-order chi connectivity index (χ1) is 13.1. The first-order valence-electron chi connectivity index (χ1n) is 9.35. The zero-order valence-electron chi connectivity index (χ0n) is 16.0. The molecule has 0 unspecified atom stereocenters. The summed E-state index contributed by atoms with van der Waals surface area (Å²) < 4.78 is 0. The van der Waals surface area contributed by atoms with Crippen LogP contribution in [0.1, 0.15) is 30.9 Å². The summed E-state index contributed by atoms with van der Waals surface area (Å²) in [6.45, 7) is 2.44. The van der Waals surface area contributed by atoms with E-state index in [4.69, 9.17) is 11.6 Å². The fourth-order valence-corrected chi connectivity index (χ4v) is 3.38. The van der Waals surface area contributed by atoms with Crippen LogP contribution in [0, 0.1) is 0 Å². The second-order valence-electron chi connectivity index (χ2n) is 6.45. The number of amides is 2. The molecule has 0 radical (unpaired) electrons. The Bertz CT molecular complexity index is 749. The van der Waals surface area contributed by atoms with Gasteiger partial charge in [-0.15, -0.1) is 0 Å². The highest BCUT2D eigenvalue weighted by molar-refractivity contribution is 6.31. The number of likely N-dealkylation sites (N-methyl/N-ethyl adjacent to an activating group) is 1. The van der Waals surface area contributed by atoms with E-state index in [1.807, 2.05) is 61.5 Å². The summed E-state index contributed by atoms with van der Waals surface area (Å²) in [5.74, 6) is -0.155. The van der Waals surface area contributed by atoms with E-state index in [1.54, 1.807) is 11.9 Å². The van der Waals surface area contributed by atoms with E-state index in [1.165, 1.54) is 0 Å². The van der Waals surface area contributed by atoms with Crippen LogP contribution in [-0.4, -0.2) is 36.3 Å². The highest BCUT2D eigenvalue weighted by Gasteiger charge is 2.27. The Hall–Kier alpha value is -2.33. The van der Waals surface area contributed by atoms with Crippen molar-refractivity contribution in [3.63, 3.8) is 0 Å². The summed E-state index contributed by atoms with van der Waals surface area (Å²) in [6.07, 6.45) is 2.18. The molecule has 0 fully saturated rings. The molecule has 1 atom stereocenters. The molecule has 0 aliphatic carbocycles. The van der Waals surface area contributed by atoms with E-state index in [0.717, 1.165) is 11.1 Å². The summed E-state index contributed by atoms with van der Waals surface area (Å²) in [5, 5.41) is 3.34. The molecule has 0 aliphatic rings. The molecule has 27 heavy (non-hydrogen) atoms. The van der Waals surface area contributed by atoms with Gasteiger partial charge in [0, 0.05) is 25.0 Å². The van der Waals surface area contributed by atoms with Gasteiger partial charge in [0.1, 0.15) is 6.04 Å². The number of rotatable bonds is 9. The lowest BCUT2D eigenvalue weighted by atomic mass is 10.1. The molecule has 0 saturated carbocycles. The van der Waals surface area contributed by atoms with Gasteiger partial charge < -0.3 is 10.2 Å². The van der Waals surface area contributed by atoms with Crippen LogP contribution < -0.4 is 5.32 Å². The van der Waals surface area contributed by atoms with Crippen molar-refractivity contribution in [1.29, 1.82) is 0 Å². The first-order valence-corrected chi connectivity index (χ1v) is 9.73. The van der Waals surface area contributed by atoms with Crippen molar-refractivity contribution in [3.8, 4) is 0 Å². The maximum atomic E-state index is 13.0. The third kappa shape index (κ3) is 6.10. The van der Waals surface area contributed by atoms with Crippen LogP contribution in [0.3, 0.4) is 0 Å². The van der Waals surface area contributed by atoms with E-state index < -0.39 is 6.04 Å². The van der Waals surface area contributed by atoms with Gasteiger partial charge in [0.05, 0.1) is 0 Å². The van der Waals surface area contributed by atoms with Crippen molar-refractivity contribution >= 4 is 23.4 Å². The topological polar surface area (TPSA) is 49.4 Å². The van der Waals surface area contributed by atoms with Crippen molar-refractivity contribution in [3.05, 3.63) is 70.7 Å². The molecular formula is C22H27ClN2O2. The standard InChI is InChI=1S/C22H27ClN2O2/c1-3-20(22(27)24-2)25(16-15-17-9-5-4-6-10-17)21(26)14-13-18-11-7-8-12-19(18)23/h4-12,20H,3,13-16H2,1-2H3,(H,24,27)/t20-/m0/s1. The van der Waals surface area contributed by atoms with E-state index in [0.29, 0.717) is 37.3 Å². The predicted molar refractivity (Wildman–Crippen MR) is 110 cm³/mol. The van der Waals surface area contributed by atoms with E-state index in [-0.39, 0.29) is 11.8 Å². The van der Waals surface area contributed by atoms with Crippen LogP contribution in [-0.2, 0) is 22.4 Å². The van der Waals surface area contributed by atoms with Gasteiger partial charge in [0.15, 0.2) is 0 Å². The third-order valence-corrected chi connectivity index (χ3v) is 5.05. The summed E-state index contributed by atoms with van der Waals surface area (Å²) in [7, 11) is 1.61. The molecule has 0 saturated heterocycles. The zero-order valence-corrected chi connectivity index (χ0v) is 16.7. The molecule has 0 aromatic heterocycles. The lowest BCUT2D eigenvalue weighted by Gasteiger charge is -2.30. The molecule has 2 amide bonds. The van der Waals surface area contributed by atoms with Gasteiger partial charge >= 0.3 is 0 Å². The molecule has 2 rings (SSSR count). The van der Waals surface area contributed by atoms with Crippen LogP contribution in [0.15, 0.2) is 54.6 Å². The number of carbonyl (C=O) groups is 2. The Morgan fingerprint density at radius 1 is 1.04 bits per heavy atom. The third-order valence-electron chi connectivity index (χ3n) is 4.68. The number of carbonyl (C=O) groups excluding carboxylic acids is 2. The van der Waals surface area contributed by atoms with E-state index in [9.17, 15) is 9.59 Å². The number of aryl methyl sites for hydroxylation is 1. The van der Waals surface area contributed by atoms with Gasteiger partial charge in [-0.3, -0.25) is 9.59 Å². The quantitative estimate of drug-likeness (QED) is 0.711. The molecule has 0 bridgehead atoms. The van der Waals surface area contributed by atoms with Crippen LogP contribution in [0.5, 0.6) is 0 Å². The Morgan fingerprint density at radius 2 is 1.70 bits per heavy atom. The molecule has 2 aromatic rings. The van der Waals surface area contributed by atoms with Crippen molar-refractivity contribution < 1.29 is 9.59 Å². The Morgan fingerprint density at radius 3 is 2.33 bits per heavy atom. The monoisotopic (exact) mass is 386 g/mol. The largest absolute Gasteiger partial charge is 0.357 e. The average Bonchev–Trinajstić information content (AvgIpc) is 2.70. The number of nitrogens with zero attached hydrogens (tertiary/aromatic N) is 1. The minimum Gasteiger partial charge on any atom is -0.357 e. The van der Waals surface area contributed by atoms with Crippen molar-refractivity contribution in [2.24, 2.45) is 0 Å². The Balaban J connectivity index is 2.10. The minimum absolute atomic E-state index is 0.0266. The molecule has 0 spiro atoms. The van der Waals surface area contributed by atoms with Gasteiger partial charge in [-0.25, -0.2) is 0 Å². The number of hydrogen-bond acceptors (Lipinski definition) is 2. The predicted octanol–water partition coefficient (Wildman–Crippen LogP) is 3.87. The molecule has 5 heteroatoms. The summed E-state index contributed by atoms with van der Waals surface area (Å²) in [5.41, 5.74) is 2.09. The van der Waals surface area contributed by atoms with Crippen LogP contribution >= 0.6 is 11.6 Å². The summed E-state index contributed by atoms with van der Waals surface area (Å²) >= 11 is 6.20. The molecule has 1 N–H and O–H groups in total. The molecule has 144 valence electrons. The zero-order chi connectivity index (χ0) is 19.6. The van der Waals surface area contributed by atoms with Crippen molar-refractivity contribution in [1.82, 2.24) is 10.2 Å². The molecular weight excluding hydrogens is 360 g/mol. The van der Waals surface area contributed by atoms with Gasteiger partial charge in [0.25, 0.3) is 0 Å². The average molecular weight is 387 g/mol. The smallest absolute Gasteiger partial charge is 0.242 e. The lowest BCUT2D eigenvalue weighted by molar-refractivity contribution is -0.140. The van der Waals surface area contributed by atoms with Gasteiger partial charge in [0.2, 0.25) is 11.8 Å². The number of nitrogens with one attached hydrogen (secondary N) is 1. The molecule has 4 nitrogen and oxygen atoms in total. The highest BCUT2D eigenvalue weighted by atomic mass is 35.5. The first kappa shape index (κ1) is 21.0. The molecule has 2 aromatic carbocycles. The normalized spacial score (nSPS) is 11.7. The fraction of sp³-hybridized carbons (Fsp3) is 0.364. The second kappa shape index (κ2) is 10.7. The van der Waals surface area contributed by atoms with Crippen molar-refractivity contribution in [2.45, 2.75) is 38.6 Å². The van der Waals surface area contributed by atoms with Gasteiger partial charge in [-0.05, 0) is 36.5 Å². The maximum Gasteiger partial charge on any atom is 0.242 e. The molecule has 0 heterocycles. The summed E-state index contributed by atoms with van der Waals surface area (Å²) in [4.78, 5) is 27.0. The lowest BCUT2D eigenvalue weighted by Crippen LogP contribution is -2.49. The summed E-state index contributed by atoms with van der Waals surface area (Å²) in [6, 6.07) is 17.1. The van der Waals surface area contributed by atoms with Gasteiger partial charge in [-0.1, -0.05) is 67.1 Å². The van der Waals surface area contributed by atoms with Crippen LogP contribution in [0.2, 0.25) is 5.02 Å². The highest BCUT2D eigenvalue weighted by Crippen LogP contribution is 2.18.